The standard InChI is InChI=1S/C15H13BrFNO2/c16-13-7-6-11(17)8-12(13)15(20)18-14(9-19)10-4-2-1-3-5-10/h1-8,14,19H,9H2,(H,18,20). The van der Waals surface area contributed by atoms with E-state index in [9.17, 15) is 14.3 Å². The van der Waals surface area contributed by atoms with Gasteiger partial charge in [-0.05, 0) is 39.7 Å². The van der Waals surface area contributed by atoms with E-state index < -0.39 is 17.8 Å². The van der Waals surface area contributed by atoms with Crippen LogP contribution in [-0.2, 0) is 0 Å². The van der Waals surface area contributed by atoms with Crippen LogP contribution in [0.4, 0.5) is 4.39 Å². The summed E-state index contributed by atoms with van der Waals surface area (Å²) in [6, 6.07) is 12.5. The first kappa shape index (κ1) is 14.7. The summed E-state index contributed by atoms with van der Waals surface area (Å²) >= 11 is 3.21. The zero-order valence-corrected chi connectivity index (χ0v) is 12.1. The third-order valence-electron chi connectivity index (χ3n) is 2.86. The fourth-order valence-corrected chi connectivity index (χ4v) is 2.25. The van der Waals surface area contributed by atoms with Crippen LogP contribution in [0.2, 0.25) is 0 Å². The number of hydrogen-bond acceptors (Lipinski definition) is 2. The molecule has 0 aliphatic carbocycles. The maximum Gasteiger partial charge on any atom is 0.253 e. The summed E-state index contributed by atoms with van der Waals surface area (Å²) < 4.78 is 13.7. The maximum atomic E-state index is 13.2. The molecule has 0 heterocycles. The van der Waals surface area contributed by atoms with Crippen LogP contribution in [0.5, 0.6) is 0 Å². The van der Waals surface area contributed by atoms with E-state index in [1.165, 1.54) is 12.1 Å². The van der Waals surface area contributed by atoms with Crippen LogP contribution >= 0.6 is 15.9 Å². The number of benzene rings is 2. The van der Waals surface area contributed by atoms with Crippen LogP contribution in [0.3, 0.4) is 0 Å². The van der Waals surface area contributed by atoms with Gasteiger partial charge in [0.05, 0.1) is 18.2 Å². The van der Waals surface area contributed by atoms with Crippen molar-refractivity contribution in [1.82, 2.24) is 5.32 Å². The summed E-state index contributed by atoms with van der Waals surface area (Å²) in [5.74, 6) is -0.933. The van der Waals surface area contributed by atoms with Crippen molar-refractivity contribution in [2.45, 2.75) is 6.04 Å². The first-order chi connectivity index (χ1) is 9.61. The predicted molar refractivity (Wildman–Crippen MR) is 77.8 cm³/mol. The Labute approximate surface area is 124 Å². The van der Waals surface area contributed by atoms with Crippen LogP contribution in [0, 0.1) is 5.82 Å². The zero-order valence-electron chi connectivity index (χ0n) is 10.5. The van der Waals surface area contributed by atoms with Gasteiger partial charge in [0.1, 0.15) is 5.82 Å². The SMILES string of the molecule is O=C(NC(CO)c1ccccc1)c1cc(F)ccc1Br. The molecule has 2 aromatic carbocycles. The molecule has 0 bridgehead atoms. The summed E-state index contributed by atoms with van der Waals surface area (Å²) in [6.07, 6.45) is 0. The second-order valence-corrected chi connectivity index (χ2v) is 5.10. The van der Waals surface area contributed by atoms with Crippen molar-refractivity contribution in [3.05, 3.63) is 69.9 Å². The van der Waals surface area contributed by atoms with Gasteiger partial charge in [0.2, 0.25) is 0 Å². The summed E-state index contributed by atoms with van der Waals surface area (Å²) in [5, 5.41) is 12.1. The molecule has 2 N–H and O–H groups in total. The number of nitrogens with one attached hydrogen (secondary N) is 1. The molecule has 20 heavy (non-hydrogen) atoms. The van der Waals surface area contributed by atoms with Crippen molar-refractivity contribution < 1.29 is 14.3 Å². The van der Waals surface area contributed by atoms with Gasteiger partial charge < -0.3 is 10.4 Å². The molecule has 0 aromatic heterocycles. The number of aliphatic hydroxyl groups is 1. The molecule has 104 valence electrons. The average Bonchev–Trinajstić information content (AvgIpc) is 2.48. The van der Waals surface area contributed by atoms with Crippen LogP contribution in [-0.4, -0.2) is 17.6 Å². The first-order valence-electron chi connectivity index (χ1n) is 6.03. The van der Waals surface area contributed by atoms with E-state index in [0.29, 0.717) is 4.47 Å². The maximum absolute atomic E-state index is 13.2. The van der Waals surface area contributed by atoms with Crippen molar-refractivity contribution in [3.63, 3.8) is 0 Å². The number of carbonyl (C=O) groups is 1. The molecule has 1 atom stereocenters. The fourth-order valence-electron chi connectivity index (χ4n) is 1.83. The van der Waals surface area contributed by atoms with Gasteiger partial charge in [-0.25, -0.2) is 4.39 Å². The number of hydrogen-bond donors (Lipinski definition) is 2. The lowest BCUT2D eigenvalue weighted by atomic mass is 10.1. The molecule has 0 fully saturated rings. The van der Waals surface area contributed by atoms with Crippen molar-refractivity contribution in [3.8, 4) is 0 Å². The first-order valence-corrected chi connectivity index (χ1v) is 6.83. The Hall–Kier alpha value is -1.72. The summed E-state index contributed by atoms with van der Waals surface area (Å²) in [5.41, 5.74) is 0.982. The Morgan fingerprint density at radius 2 is 1.95 bits per heavy atom. The Morgan fingerprint density at radius 3 is 2.60 bits per heavy atom. The molecule has 0 radical (unpaired) electrons. The molecular formula is C15H13BrFNO2. The Balaban J connectivity index is 2.20. The summed E-state index contributed by atoms with van der Waals surface area (Å²) in [6.45, 7) is -0.233. The molecule has 5 heteroatoms. The van der Waals surface area contributed by atoms with Crippen LogP contribution in [0.25, 0.3) is 0 Å². The lowest BCUT2D eigenvalue weighted by Crippen LogP contribution is -2.31. The quantitative estimate of drug-likeness (QED) is 0.900. The van der Waals surface area contributed by atoms with Gasteiger partial charge in [0, 0.05) is 4.47 Å². The normalized spacial score (nSPS) is 11.9. The number of amides is 1. The van der Waals surface area contributed by atoms with Crippen molar-refractivity contribution in [2.24, 2.45) is 0 Å². The van der Waals surface area contributed by atoms with E-state index in [1.807, 2.05) is 30.3 Å². The number of rotatable bonds is 4. The van der Waals surface area contributed by atoms with E-state index in [0.717, 1.165) is 11.6 Å². The van der Waals surface area contributed by atoms with E-state index in [-0.39, 0.29) is 12.2 Å². The molecular weight excluding hydrogens is 325 g/mol. The average molecular weight is 338 g/mol. The van der Waals surface area contributed by atoms with Crippen LogP contribution in [0.15, 0.2) is 53.0 Å². The highest BCUT2D eigenvalue weighted by Gasteiger charge is 2.17. The van der Waals surface area contributed by atoms with E-state index in [2.05, 4.69) is 21.2 Å². The molecule has 1 unspecified atom stereocenters. The van der Waals surface area contributed by atoms with Gasteiger partial charge in [-0.1, -0.05) is 30.3 Å². The Morgan fingerprint density at radius 1 is 1.25 bits per heavy atom. The van der Waals surface area contributed by atoms with Gasteiger partial charge in [-0.15, -0.1) is 0 Å². The highest BCUT2D eigenvalue weighted by Crippen LogP contribution is 2.19. The van der Waals surface area contributed by atoms with Gasteiger partial charge in [0.25, 0.3) is 5.91 Å². The third kappa shape index (κ3) is 3.43. The van der Waals surface area contributed by atoms with Gasteiger partial charge in [-0.2, -0.15) is 0 Å². The van der Waals surface area contributed by atoms with Crippen molar-refractivity contribution in [1.29, 1.82) is 0 Å². The Bertz CT molecular complexity index is 604. The minimum Gasteiger partial charge on any atom is -0.394 e. The molecule has 3 nitrogen and oxygen atoms in total. The molecule has 0 saturated carbocycles. The van der Waals surface area contributed by atoms with Crippen molar-refractivity contribution in [2.75, 3.05) is 6.61 Å². The highest BCUT2D eigenvalue weighted by atomic mass is 79.9. The summed E-state index contributed by atoms with van der Waals surface area (Å²) in [7, 11) is 0. The van der Waals surface area contributed by atoms with Crippen molar-refractivity contribution >= 4 is 21.8 Å². The number of aliphatic hydroxyl groups excluding tert-OH is 1. The fraction of sp³-hybridized carbons (Fsp3) is 0.133. The molecule has 0 aliphatic heterocycles. The smallest absolute Gasteiger partial charge is 0.253 e. The highest BCUT2D eigenvalue weighted by molar-refractivity contribution is 9.10. The minimum absolute atomic E-state index is 0.194. The monoisotopic (exact) mass is 337 g/mol. The second-order valence-electron chi connectivity index (χ2n) is 4.24. The minimum atomic E-state index is -0.529. The predicted octanol–water partition coefficient (Wildman–Crippen LogP) is 3.05. The molecule has 1 amide bonds. The van der Waals surface area contributed by atoms with E-state index in [4.69, 9.17) is 0 Å². The second kappa shape index (κ2) is 6.63. The van der Waals surface area contributed by atoms with Gasteiger partial charge >= 0.3 is 0 Å². The van der Waals surface area contributed by atoms with Crippen LogP contribution < -0.4 is 5.32 Å². The molecule has 2 aromatic rings. The van der Waals surface area contributed by atoms with E-state index >= 15 is 0 Å². The van der Waals surface area contributed by atoms with Gasteiger partial charge in [0.15, 0.2) is 0 Å². The van der Waals surface area contributed by atoms with Gasteiger partial charge in [-0.3, -0.25) is 4.79 Å². The van der Waals surface area contributed by atoms with Crippen LogP contribution in [0.1, 0.15) is 22.0 Å². The molecule has 0 spiro atoms. The Kier molecular flexibility index (Phi) is 4.87. The number of halogens is 2. The summed E-state index contributed by atoms with van der Waals surface area (Å²) in [4.78, 5) is 12.1. The number of carbonyl (C=O) groups excluding carboxylic acids is 1. The lowest BCUT2D eigenvalue weighted by molar-refractivity contribution is 0.0915. The lowest BCUT2D eigenvalue weighted by Gasteiger charge is -2.17. The van der Waals surface area contributed by atoms with E-state index in [1.54, 1.807) is 0 Å². The molecule has 0 aliphatic rings. The zero-order chi connectivity index (χ0) is 14.5. The largest absolute Gasteiger partial charge is 0.394 e. The molecule has 2 rings (SSSR count). The molecule has 0 saturated heterocycles. The topological polar surface area (TPSA) is 49.3 Å². The third-order valence-corrected chi connectivity index (χ3v) is 3.55.